The molecular weight excluding hydrogens is 252 g/mol. The number of hydrogen-bond donors (Lipinski definition) is 1. The van der Waals surface area contributed by atoms with E-state index in [1.165, 1.54) is 9.75 Å². The maximum Gasteiger partial charge on any atom is 0.317 e. The predicted octanol–water partition coefficient (Wildman–Crippen LogP) is 3.15. The Balaban J connectivity index is 2.05. The van der Waals surface area contributed by atoms with Gasteiger partial charge in [0.2, 0.25) is 0 Å². The van der Waals surface area contributed by atoms with Crippen molar-refractivity contribution in [1.29, 1.82) is 0 Å². The Morgan fingerprint density at radius 3 is 2.06 bits per heavy atom. The third kappa shape index (κ3) is 3.31. The van der Waals surface area contributed by atoms with Crippen LogP contribution < -0.4 is 5.32 Å². The van der Waals surface area contributed by atoms with E-state index in [1.54, 1.807) is 29.7 Å². The molecule has 1 N–H and O–H groups in total. The van der Waals surface area contributed by atoms with Gasteiger partial charge in [-0.25, -0.2) is 4.79 Å². The van der Waals surface area contributed by atoms with E-state index in [2.05, 4.69) is 17.4 Å². The summed E-state index contributed by atoms with van der Waals surface area (Å²) in [6.45, 7) is 1.32. The summed E-state index contributed by atoms with van der Waals surface area (Å²) in [4.78, 5) is 16.0. The van der Waals surface area contributed by atoms with Crippen molar-refractivity contribution in [1.82, 2.24) is 10.2 Å². The van der Waals surface area contributed by atoms with E-state index in [4.69, 9.17) is 0 Å². The summed E-state index contributed by atoms with van der Waals surface area (Å²) in [5, 5.41) is 6.75. The summed E-state index contributed by atoms with van der Waals surface area (Å²) in [6, 6.07) is 8.08. The van der Waals surface area contributed by atoms with Crippen molar-refractivity contribution in [2.24, 2.45) is 0 Å². The van der Waals surface area contributed by atoms with Crippen LogP contribution in [0.1, 0.15) is 9.75 Å². The van der Waals surface area contributed by atoms with Gasteiger partial charge in [-0.15, -0.1) is 22.7 Å². The minimum Gasteiger partial charge on any atom is -0.341 e. The van der Waals surface area contributed by atoms with Gasteiger partial charge in [0.05, 0.1) is 13.1 Å². The second-order valence-electron chi connectivity index (χ2n) is 3.57. The Morgan fingerprint density at radius 1 is 1.18 bits per heavy atom. The van der Waals surface area contributed by atoms with Crippen molar-refractivity contribution >= 4 is 28.7 Å². The molecule has 2 heterocycles. The monoisotopic (exact) mass is 266 g/mol. The molecule has 2 aromatic rings. The second kappa shape index (κ2) is 5.84. The number of carbonyl (C=O) groups is 1. The summed E-state index contributed by atoms with van der Waals surface area (Å²) < 4.78 is 0. The molecule has 0 aromatic carbocycles. The zero-order valence-electron chi connectivity index (χ0n) is 9.55. The lowest BCUT2D eigenvalue weighted by Crippen LogP contribution is -2.36. The summed E-state index contributed by atoms with van der Waals surface area (Å²) in [6.07, 6.45) is 0. The van der Waals surface area contributed by atoms with Gasteiger partial charge >= 0.3 is 6.03 Å². The van der Waals surface area contributed by atoms with Crippen LogP contribution in [0.3, 0.4) is 0 Å². The maximum absolute atomic E-state index is 11.8. The minimum atomic E-state index is -0.0354. The lowest BCUT2D eigenvalue weighted by molar-refractivity contribution is 0.195. The molecule has 0 bridgehead atoms. The molecule has 3 nitrogen and oxygen atoms in total. The molecule has 0 radical (unpaired) electrons. The number of urea groups is 1. The molecule has 2 amide bonds. The molecule has 0 aliphatic carbocycles. The molecule has 5 heteroatoms. The van der Waals surface area contributed by atoms with Crippen LogP contribution in [0.2, 0.25) is 0 Å². The van der Waals surface area contributed by atoms with E-state index in [0.717, 1.165) is 0 Å². The van der Waals surface area contributed by atoms with Crippen molar-refractivity contribution in [3.05, 3.63) is 44.8 Å². The molecule has 0 spiro atoms. The quantitative estimate of drug-likeness (QED) is 0.906. The summed E-state index contributed by atoms with van der Waals surface area (Å²) in [5.74, 6) is 0. The zero-order valence-corrected chi connectivity index (χ0v) is 11.2. The largest absolute Gasteiger partial charge is 0.341 e. The first-order valence-corrected chi connectivity index (χ1v) is 7.07. The van der Waals surface area contributed by atoms with Gasteiger partial charge in [0.25, 0.3) is 0 Å². The maximum atomic E-state index is 11.8. The second-order valence-corrected chi connectivity index (χ2v) is 5.63. The number of nitrogens with one attached hydrogen (secondary N) is 1. The topological polar surface area (TPSA) is 32.3 Å². The van der Waals surface area contributed by atoms with Gasteiger partial charge in [-0.3, -0.25) is 0 Å². The third-order valence-corrected chi connectivity index (χ3v) is 4.08. The molecule has 0 aliphatic rings. The Hall–Kier alpha value is -1.33. The molecule has 0 saturated carbocycles. The highest BCUT2D eigenvalue weighted by molar-refractivity contribution is 7.10. The number of nitrogens with zero attached hydrogens (tertiary/aromatic N) is 1. The fourth-order valence-corrected chi connectivity index (χ4v) is 2.98. The molecule has 2 rings (SSSR count). The molecule has 0 unspecified atom stereocenters. The van der Waals surface area contributed by atoms with Crippen LogP contribution in [0.5, 0.6) is 0 Å². The van der Waals surface area contributed by atoms with E-state index in [-0.39, 0.29) is 6.03 Å². The van der Waals surface area contributed by atoms with Crippen molar-refractivity contribution in [3.8, 4) is 0 Å². The molecule has 0 saturated heterocycles. The van der Waals surface area contributed by atoms with E-state index < -0.39 is 0 Å². The number of carbonyl (C=O) groups excluding carboxylic acids is 1. The van der Waals surface area contributed by atoms with Crippen molar-refractivity contribution in [2.45, 2.75) is 13.1 Å². The average molecular weight is 266 g/mol. The number of amides is 2. The fourth-order valence-electron chi connectivity index (χ4n) is 1.54. The first-order chi connectivity index (χ1) is 8.29. The Bertz CT molecular complexity index is 415. The first-order valence-electron chi connectivity index (χ1n) is 5.31. The molecule has 2 aromatic heterocycles. The smallest absolute Gasteiger partial charge is 0.317 e. The highest BCUT2D eigenvalue weighted by atomic mass is 32.1. The van der Waals surface area contributed by atoms with Crippen molar-refractivity contribution in [2.75, 3.05) is 7.05 Å². The van der Waals surface area contributed by atoms with Crippen LogP contribution >= 0.6 is 22.7 Å². The van der Waals surface area contributed by atoms with Gasteiger partial charge in [-0.05, 0) is 22.9 Å². The molecule has 0 aliphatic heterocycles. The standard InChI is InChI=1S/C12H14N2OS2/c1-13-12(15)14(8-10-4-2-6-16-10)9-11-5-3-7-17-11/h2-7H,8-9H2,1H3,(H,13,15). The molecule has 0 atom stereocenters. The normalized spacial score (nSPS) is 10.2. The summed E-state index contributed by atoms with van der Waals surface area (Å²) >= 11 is 3.35. The van der Waals surface area contributed by atoms with E-state index in [0.29, 0.717) is 13.1 Å². The van der Waals surface area contributed by atoms with Crippen LogP contribution in [-0.4, -0.2) is 18.0 Å². The SMILES string of the molecule is CNC(=O)N(Cc1cccs1)Cc1cccs1. The zero-order chi connectivity index (χ0) is 12.1. The highest BCUT2D eigenvalue weighted by Crippen LogP contribution is 2.16. The van der Waals surface area contributed by atoms with Crippen LogP contribution in [0.15, 0.2) is 35.0 Å². The highest BCUT2D eigenvalue weighted by Gasteiger charge is 2.13. The van der Waals surface area contributed by atoms with Crippen molar-refractivity contribution < 1.29 is 4.79 Å². The van der Waals surface area contributed by atoms with Gasteiger partial charge in [-0.1, -0.05) is 12.1 Å². The molecular formula is C12H14N2OS2. The Labute approximate surface area is 109 Å². The number of thiophene rings is 2. The summed E-state index contributed by atoms with van der Waals surface area (Å²) in [7, 11) is 1.66. The summed E-state index contributed by atoms with van der Waals surface area (Å²) in [5.41, 5.74) is 0. The molecule has 0 fully saturated rings. The van der Waals surface area contributed by atoms with E-state index in [1.807, 2.05) is 27.8 Å². The fraction of sp³-hybridized carbons (Fsp3) is 0.250. The minimum absolute atomic E-state index is 0.0354. The lowest BCUT2D eigenvalue weighted by Gasteiger charge is -2.20. The third-order valence-electron chi connectivity index (χ3n) is 2.35. The molecule has 17 heavy (non-hydrogen) atoms. The van der Waals surface area contributed by atoms with Gasteiger partial charge < -0.3 is 10.2 Å². The van der Waals surface area contributed by atoms with E-state index in [9.17, 15) is 4.79 Å². The predicted molar refractivity (Wildman–Crippen MR) is 72.3 cm³/mol. The van der Waals surface area contributed by atoms with Gasteiger partial charge in [0.1, 0.15) is 0 Å². The Morgan fingerprint density at radius 2 is 1.71 bits per heavy atom. The molecule has 90 valence electrons. The van der Waals surface area contributed by atoms with E-state index >= 15 is 0 Å². The lowest BCUT2D eigenvalue weighted by atomic mass is 10.4. The van der Waals surface area contributed by atoms with Crippen molar-refractivity contribution in [3.63, 3.8) is 0 Å². The van der Waals surface area contributed by atoms with Crippen LogP contribution in [0.4, 0.5) is 4.79 Å². The van der Waals surface area contributed by atoms with Crippen LogP contribution in [0, 0.1) is 0 Å². The van der Waals surface area contributed by atoms with Gasteiger partial charge in [-0.2, -0.15) is 0 Å². The first kappa shape index (κ1) is 12.1. The number of hydrogen-bond acceptors (Lipinski definition) is 3. The van der Waals surface area contributed by atoms with Crippen LogP contribution in [-0.2, 0) is 13.1 Å². The Kier molecular flexibility index (Phi) is 4.17. The van der Waals surface area contributed by atoms with Gasteiger partial charge in [0, 0.05) is 16.8 Å². The number of rotatable bonds is 4. The average Bonchev–Trinajstić information content (AvgIpc) is 3.00. The van der Waals surface area contributed by atoms with Gasteiger partial charge in [0.15, 0.2) is 0 Å². The van der Waals surface area contributed by atoms with Crippen LogP contribution in [0.25, 0.3) is 0 Å².